The molecule has 1 aromatic rings. The van der Waals surface area contributed by atoms with Gasteiger partial charge in [-0.05, 0) is 54.6 Å². The number of hydrogen-bond acceptors (Lipinski definition) is 2. The van der Waals surface area contributed by atoms with Crippen LogP contribution in [0.5, 0.6) is 5.75 Å². The Hall–Kier alpha value is -0.890. The van der Waals surface area contributed by atoms with Gasteiger partial charge in [0.15, 0.2) is 0 Å². The number of methoxy groups -OCH3 is 1. The zero-order valence-electron chi connectivity index (χ0n) is 13.7. The molecule has 2 aliphatic rings. The van der Waals surface area contributed by atoms with Gasteiger partial charge in [0.05, 0.1) is 12.8 Å². The highest BCUT2D eigenvalue weighted by molar-refractivity contribution is 6.31. The van der Waals surface area contributed by atoms with Crippen LogP contribution in [0.25, 0.3) is 0 Å². The van der Waals surface area contributed by atoms with Crippen LogP contribution in [0.3, 0.4) is 0 Å². The second-order valence-electron chi connectivity index (χ2n) is 7.61. The summed E-state index contributed by atoms with van der Waals surface area (Å²) in [7, 11) is 1.71. The number of aryl methyl sites for hydroxylation is 1. The van der Waals surface area contributed by atoms with Crippen molar-refractivity contribution in [2.75, 3.05) is 12.4 Å². The lowest BCUT2D eigenvalue weighted by atomic mass is 9.69. The predicted molar refractivity (Wildman–Crippen MR) is 89.4 cm³/mol. The van der Waals surface area contributed by atoms with E-state index in [4.69, 9.17) is 16.3 Å². The summed E-state index contributed by atoms with van der Waals surface area (Å²) in [6.07, 6.45) is 3.95. The van der Waals surface area contributed by atoms with E-state index < -0.39 is 0 Å². The van der Waals surface area contributed by atoms with Gasteiger partial charge in [-0.2, -0.15) is 0 Å². The average Bonchev–Trinajstić information content (AvgIpc) is 2.75. The number of halogens is 1. The number of hydrogen-bond donors (Lipinski definition) is 1. The smallest absolute Gasteiger partial charge is 0.143 e. The Labute approximate surface area is 133 Å². The number of fused-ring (bicyclic) bond motifs is 2. The quantitative estimate of drug-likeness (QED) is 0.820. The Bertz CT molecular complexity index is 569. The minimum Gasteiger partial charge on any atom is -0.495 e. The normalized spacial score (nSPS) is 33.2. The van der Waals surface area contributed by atoms with Crippen molar-refractivity contribution < 1.29 is 4.74 Å². The van der Waals surface area contributed by atoms with Crippen LogP contribution in [0, 0.1) is 23.7 Å². The van der Waals surface area contributed by atoms with E-state index in [1.165, 1.54) is 19.3 Å². The molecule has 0 spiro atoms. The fourth-order valence-corrected chi connectivity index (χ4v) is 4.71. The first kappa shape index (κ1) is 15.0. The van der Waals surface area contributed by atoms with Gasteiger partial charge >= 0.3 is 0 Å². The highest BCUT2D eigenvalue weighted by atomic mass is 35.5. The van der Waals surface area contributed by atoms with Crippen LogP contribution in [0.2, 0.25) is 5.02 Å². The molecule has 3 rings (SSSR count). The third kappa shape index (κ3) is 2.06. The molecule has 1 aromatic carbocycles. The molecule has 2 bridgehead atoms. The van der Waals surface area contributed by atoms with E-state index in [9.17, 15) is 0 Å². The zero-order valence-corrected chi connectivity index (χ0v) is 14.5. The van der Waals surface area contributed by atoms with Crippen LogP contribution >= 0.6 is 11.6 Å². The number of anilines is 1. The van der Waals surface area contributed by atoms with Crippen molar-refractivity contribution in [1.29, 1.82) is 0 Å². The number of ether oxygens (including phenoxy) is 1. The van der Waals surface area contributed by atoms with E-state index >= 15 is 0 Å². The van der Waals surface area contributed by atoms with Crippen LogP contribution in [-0.4, -0.2) is 13.2 Å². The van der Waals surface area contributed by atoms with Gasteiger partial charge < -0.3 is 10.1 Å². The summed E-state index contributed by atoms with van der Waals surface area (Å²) in [6, 6.07) is 4.55. The molecule has 116 valence electrons. The standard InChI is InChI=1S/C18H26ClNO/c1-11-8-14(15(21-5)10-13(11)19)20-16-9-12-6-7-18(16,4)17(12,2)3/h8,10,12,16,20H,6-7,9H2,1-5H3. The van der Waals surface area contributed by atoms with Crippen LogP contribution in [0.4, 0.5) is 5.69 Å². The second-order valence-corrected chi connectivity index (χ2v) is 8.02. The van der Waals surface area contributed by atoms with Crippen LogP contribution < -0.4 is 10.1 Å². The zero-order chi connectivity index (χ0) is 15.4. The van der Waals surface area contributed by atoms with Crippen molar-refractivity contribution in [3.8, 4) is 5.75 Å². The van der Waals surface area contributed by atoms with Gasteiger partial charge in [-0.25, -0.2) is 0 Å². The van der Waals surface area contributed by atoms with Gasteiger partial charge in [-0.15, -0.1) is 0 Å². The number of nitrogens with one attached hydrogen (secondary N) is 1. The molecule has 3 unspecified atom stereocenters. The van der Waals surface area contributed by atoms with E-state index in [2.05, 4.69) is 32.2 Å². The molecule has 0 aromatic heterocycles. The van der Waals surface area contributed by atoms with E-state index in [-0.39, 0.29) is 0 Å². The third-order valence-corrected chi connectivity index (χ3v) is 7.01. The largest absolute Gasteiger partial charge is 0.495 e. The summed E-state index contributed by atoms with van der Waals surface area (Å²) in [4.78, 5) is 0. The topological polar surface area (TPSA) is 21.3 Å². The molecule has 1 N–H and O–H groups in total. The van der Waals surface area contributed by atoms with Crippen molar-refractivity contribution >= 4 is 17.3 Å². The first-order valence-electron chi connectivity index (χ1n) is 7.90. The summed E-state index contributed by atoms with van der Waals surface area (Å²) in [5, 5.41) is 4.53. The molecule has 3 atom stereocenters. The Morgan fingerprint density at radius 1 is 1.29 bits per heavy atom. The molecule has 2 saturated carbocycles. The lowest BCUT2D eigenvalue weighted by molar-refractivity contribution is 0.142. The highest BCUT2D eigenvalue weighted by Gasteiger charge is 2.61. The van der Waals surface area contributed by atoms with Crippen molar-refractivity contribution in [3.05, 3.63) is 22.7 Å². The molecular formula is C18H26ClNO. The summed E-state index contributed by atoms with van der Waals surface area (Å²) in [5.41, 5.74) is 2.94. The molecule has 0 radical (unpaired) electrons. The van der Waals surface area contributed by atoms with Crippen molar-refractivity contribution in [3.63, 3.8) is 0 Å². The molecule has 3 heteroatoms. The maximum Gasteiger partial charge on any atom is 0.143 e. The molecule has 0 aliphatic heterocycles. The first-order chi connectivity index (χ1) is 9.79. The monoisotopic (exact) mass is 307 g/mol. The fraction of sp³-hybridized carbons (Fsp3) is 0.667. The van der Waals surface area contributed by atoms with Crippen LogP contribution in [-0.2, 0) is 0 Å². The van der Waals surface area contributed by atoms with Gasteiger partial charge in [-0.1, -0.05) is 32.4 Å². The lowest BCUT2D eigenvalue weighted by Crippen LogP contribution is -2.40. The van der Waals surface area contributed by atoms with Crippen molar-refractivity contribution in [1.82, 2.24) is 0 Å². The second kappa shape index (κ2) is 4.81. The molecular weight excluding hydrogens is 282 g/mol. The molecule has 2 aliphatic carbocycles. The highest BCUT2D eigenvalue weighted by Crippen LogP contribution is 2.66. The minimum absolute atomic E-state index is 0.357. The summed E-state index contributed by atoms with van der Waals surface area (Å²) in [5.74, 6) is 1.68. The number of rotatable bonds is 3. The van der Waals surface area contributed by atoms with Gasteiger partial charge in [0.25, 0.3) is 0 Å². The van der Waals surface area contributed by atoms with E-state index in [1.54, 1.807) is 7.11 Å². The summed E-state index contributed by atoms with van der Waals surface area (Å²) >= 11 is 6.21. The molecule has 0 heterocycles. The molecule has 2 fully saturated rings. The minimum atomic E-state index is 0.357. The fourth-order valence-electron chi connectivity index (χ4n) is 4.55. The maximum atomic E-state index is 6.21. The SMILES string of the molecule is COc1cc(Cl)c(C)cc1NC1CC2CCC1(C)C2(C)C. The molecule has 21 heavy (non-hydrogen) atoms. The average molecular weight is 308 g/mol. The summed E-state index contributed by atoms with van der Waals surface area (Å²) < 4.78 is 5.51. The summed E-state index contributed by atoms with van der Waals surface area (Å²) in [6.45, 7) is 9.37. The Morgan fingerprint density at radius 2 is 2.00 bits per heavy atom. The Morgan fingerprint density at radius 3 is 2.52 bits per heavy atom. The Balaban J connectivity index is 1.91. The van der Waals surface area contributed by atoms with Crippen molar-refractivity contribution in [2.24, 2.45) is 16.7 Å². The first-order valence-corrected chi connectivity index (χ1v) is 8.28. The van der Waals surface area contributed by atoms with E-state index in [0.717, 1.165) is 27.9 Å². The maximum absolute atomic E-state index is 6.21. The van der Waals surface area contributed by atoms with Crippen molar-refractivity contribution in [2.45, 2.75) is 53.0 Å². The predicted octanol–water partition coefficient (Wildman–Crippen LogP) is 5.28. The van der Waals surface area contributed by atoms with E-state index in [1.807, 2.05) is 13.0 Å². The lowest BCUT2D eigenvalue weighted by Gasteiger charge is -2.40. The van der Waals surface area contributed by atoms with Crippen LogP contribution in [0.1, 0.15) is 45.6 Å². The molecule has 0 amide bonds. The van der Waals surface area contributed by atoms with Gasteiger partial charge in [0.1, 0.15) is 5.75 Å². The third-order valence-electron chi connectivity index (χ3n) is 6.60. The Kier molecular flexibility index (Phi) is 3.44. The number of benzene rings is 1. The van der Waals surface area contributed by atoms with Gasteiger partial charge in [0, 0.05) is 17.1 Å². The van der Waals surface area contributed by atoms with Crippen LogP contribution in [0.15, 0.2) is 12.1 Å². The van der Waals surface area contributed by atoms with E-state index in [0.29, 0.717) is 16.9 Å². The molecule has 0 saturated heterocycles. The molecule has 2 nitrogen and oxygen atoms in total. The van der Waals surface area contributed by atoms with Gasteiger partial charge in [0.2, 0.25) is 0 Å². The van der Waals surface area contributed by atoms with Gasteiger partial charge in [-0.3, -0.25) is 0 Å².